The van der Waals surface area contributed by atoms with E-state index in [2.05, 4.69) is 123 Å². The Labute approximate surface area is 339 Å². The van der Waals surface area contributed by atoms with Gasteiger partial charge in [-0.15, -0.1) is 34.0 Å². The third-order valence-corrected chi connectivity index (χ3v) is 11.9. The molecule has 0 saturated carbocycles. The van der Waals surface area contributed by atoms with Crippen molar-refractivity contribution in [3.05, 3.63) is 118 Å². The van der Waals surface area contributed by atoms with Gasteiger partial charge in [0.05, 0.1) is 31.3 Å². The maximum absolute atomic E-state index is 11.5. The number of methoxy groups -OCH3 is 1. The molecule has 6 aromatic rings. The average molecular weight is 802 g/mol. The molecule has 0 fully saturated rings. The van der Waals surface area contributed by atoms with E-state index in [-0.39, 0.29) is 0 Å². The third kappa shape index (κ3) is 13.0. The molecule has 3 aromatic carbocycles. The van der Waals surface area contributed by atoms with Crippen molar-refractivity contribution in [2.45, 2.75) is 59.8 Å². The molecule has 6 rings (SSSR count). The number of anilines is 3. The summed E-state index contributed by atoms with van der Waals surface area (Å²) in [5.41, 5.74) is 6.85. The van der Waals surface area contributed by atoms with Gasteiger partial charge in [0.2, 0.25) is 0 Å². The van der Waals surface area contributed by atoms with Crippen molar-refractivity contribution >= 4 is 78.5 Å². The number of hydrogen-bond donors (Lipinski definition) is 0. The summed E-state index contributed by atoms with van der Waals surface area (Å²) in [6.45, 7) is 21.7. The first-order valence-electron chi connectivity index (χ1n) is 18.5. The van der Waals surface area contributed by atoms with Crippen molar-refractivity contribution in [3.63, 3.8) is 0 Å². The van der Waals surface area contributed by atoms with Gasteiger partial charge in [-0.05, 0) is 91.4 Å². The maximum Gasteiger partial charge on any atom is 0.161 e. The van der Waals surface area contributed by atoms with E-state index in [9.17, 15) is 4.79 Å². The normalized spacial score (nSPS) is 10.4. The molecule has 0 amide bonds. The van der Waals surface area contributed by atoms with E-state index in [0.717, 1.165) is 56.6 Å². The zero-order chi connectivity index (χ0) is 39.3. The highest BCUT2D eigenvalue weighted by atomic mass is 32.2. The fourth-order valence-corrected chi connectivity index (χ4v) is 9.26. The molecule has 0 atom stereocenters. The number of ether oxygens (including phenoxy) is 3. The number of benzene rings is 3. The molecule has 288 valence electrons. The molecule has 0 N–H and O–H groups in total. The maximum atomic E-state index is 11.5. The van der Waals surface area contributed by atoms with Crippen molar-refractivity contribution in [1.82, 2.24) is 0 Å². The second kappa shape index (κ2) is 24.8. The van der Waals surface area contributed by atoms with Gasteiger partial charge < -0.3 is 19.1 Å². The Morgan fingerprint density at radius 3 is 1.67 bits per heavy atom. The Morgan fingerprint density at radius 2 is 1.17 bits per heavy atom. The second-order valence-corrected chi connectivity index (χ2v) is 15.9. The minimum Gasteiger partial charge on any atom is -0.382 e. The van der Waals surface area contributed by atoms with E-state index < -0.39 is 0 Å². The van der Waals surface area contributed by atoms with Gasteiger partial charge in [-0.25, -0.2) is 0 Å². The number of aryl methyl sites for hydroxylation is 2. The quantitative estimate of drug-likeness (QED) is 0.0552. The van der Waals surface area contributed by atoms with E-state index in [0.29, 0.717) is 26.4 Å². The summed E-state index contributed by atoms with van der Waals surface area (Å²) in [7, 11) is 1.66. The van der Waals surface area contributed by atoms with Crippen molar-refractivity contribution in [3.8, 4) is 20.9 Å². The molecule has 0 unspecified atom stereocenters. The smallest absolute Gasteiger partial charge is 0.161 e. The summed E-state index contributed by atoms with van der Waals surface area (Å²) in [6.07, 6.45) is 2.00. The molecule has 0 aliphatic rings. The predicted octanol–water partition coefficient (Wildman–Crippen LogP) is 14.6. The summed E-state index contributed by atoms with van der Waals surface area (Å²) in [5.74, 6) is 0. The Hall–Kier alpha value is -3.54. The first kappa shape index (κ1) is 44.9. The van der Waals surface area contributed by atoms with Gasteiger partial charge in [0.25, 0.3) is 0 Å². The molecule has 3 heterocycles. The van der Waals surface area contributed by atoms with Crippen LogP contribution in [0.2, 0.25) is 0 Å². The largest absolute Gasteiger partial charge is 0.382 e. The SMILES string of the molecule is C=CSc1cc(-c2ccc(N(c3ccc(C)cc3)c3ccc(-c4cc5sc(C)cc5s4)cc3)cc2)sc1C=O.CC.CC.CCCOCCOCCOC. The first-order valence-corrected chi connectivity index (χ1v) is 21.9. The molecule has 0 spiro atoms. The molecular weight excluding hydrogens is 747 g/mol. The predicted molar refractivity (Wildman–Crippen MR) is 241 cm³/mol. The van der Waals surface area contributed by atoms with Gasteiger partial charge in [-0.2, -0.15) is 0 Å². The number of rotatable bonds is 16. The van der Waals surface area contributed by atoms with Gasteiger partial charge in [-0.1, -0.05) is 94.9 Å². The molecule has 3 aromatic heterocycles. The highest BCUT2D eigenvalue weighted by Crippen LogP contribution is 2.41. The Kier molecular flexibility index (Phi) is 20.6. The van der Waals surface area contributed by atoms with Gasteiger partial charge in [0.15, 0.2) is 6.29 Å². The minimum absolute atomic E-state index is 0.659. The zero-order valence-corrected chi connectivity index (χ0v) is 36.2. The molecule has 54 heavy (non-hydrogen) atoms. The lowest BCUT2D eigenvalue weighted by molar-refractivity contribution is 0.0250. The van der Waals surface area contributed by atoms with Crippen molar-refractivity contribution in [2.24, 2.45) is 0 Å². The van der Waals surface area contributed by atoms with Gasteiger partial charge in [0, 0.05) is 59.7 Å². The Morgan fingerprint density at radius 1 is 0.667 bits per heavy atom. The van der Waals surface area contributed by atoms with Gasteiger partial charge >= 0.3 is 0 Å². The average Bonchev–Trinajstić information content (AvgIpc) is 3.91. The molecule has 0 aliphatic heterocycles. The van der Waals surface area contributed by atoms with Crippen LogP contribution in [-0.2, 0) is 14.2 Å². The molecule has 5 nitrogen and oxygen atoms in total. The van der Waals surface area contributed by atoms with Crippen molar-refractivity contribution in [1.29, 1.82) is 0 Å². The highest BCUT2D eigenvalue weighted by molar-refractivity contribution is 8.02. The van der Waals surface area contributed by atoms with E-state index in [4.69, 9.17) is 14.2 Å². The lowest BCUT2D eigenvalue weighted by atomic mass is 10.1. The van der Waals surface area contributed by atoms with E-state index in [1.54, 1.807) is 12.5 Å². The van der Waals surface area contributed by atoms with Crippen molar-refractivity contribution < 1.29 is 19.0 Å². The number of thioether (sulfide) groups is 1. The van der Waals surface area contributed by atoms with Crippen LogP contribution in [0, 0.1) is 13.8 Å². The number of fused-ring (bicyclic) bond motifs is 1. The number of aldehydes is 1. The Balaban J connectivity index is 0.000000449. The number of carbonyl (C=O) groups is 1. The van der Waals surface area contributed by atoms with Crippen LogP contribution in [0.25, 0.3) is 30.3 Å². The molecule has 0 radical (unpaired) electrons. The number of nitrogens with zero attached hydrogens (tertiary/aromatic N) is 1. The summed E-state index contributed by atoms with van der Waals surface area (Å²) in [4.78, 5) is 19.2. The third-order valence-electron chi connectivity index (χ3n) is 7.64. The van der Waals surface area contributed by atoms with Crippen LogP contribution in [0.5, 0.6) is 0 Å². The molecule has 0 aliphatic carbocycles. The van der Waals surface area contributed by atoms with Gasteiger partial charge in [-0.3, -0.25) is 4.79 Å². The number of thiophene rings is 3. The van der Waals surface area contributed by atoms with Crippen LogP contribution in [0.4, 0.5) is 17.1 Å². The molecule has 9 heteroatoms. The fourth-order valence-electron chi connectivity index (χ4n) is 5.19. The van der Waals surface area contributed by atoms with Crippen LogP contribution >= 0.6 is 45.8 Å². The minimum atomic E-state index is 0.659. The topological polar surface area (TPSA) is 48.0 Å². The summed E-state index contributed by atoms with van der Waals surface area (Å²) in [6, 6.07) is 32.7. The van der Waals surface area contributed by atoms with E-state index in [1.165, 1.54) is 53.4 Å². The lowest BCUT2D eigenvalue weighted by Crippen LogP contribution is -2.09. The lowest BCUT2D eigenvalue weighted by Gasteiger charge is -2.26. The van der Waals surface area contributed by atoms with Crippen LogP contribution in [-0.4, -0.2) is 46.4 Å². The first-order chi connectivity index (χ1) is 26.4. The number of hydrogen-bond acceptors (Lipinski definition) is 9. The van der Waals surface area contributed by atoms with Crippen LogP contribution < -0.4 is 4.90 Å². The standard InChI is InChI=1S/C33H25NOS4.C8H18O3.2C2H6/c1-4-36-30-18-28(39-33(30)20-35)23-7-13-26(14-8-23)34(25-11-5-21(2)6-12-25)27-15-9-24(10-16-27)29-19-32-31(38-29)17-22(3)37-32;1-3-4-10-7-8-11-6-5-9-2;2*1-2/h4-20H,1H2,2-3H3;3-8H2,1-2H3;2*1-2H3. The number of carbonyl (C=O) groups excluding carboxylic acids is 1. The second-order valence-electron chi connectivity index (χ2n) is 11.4. The Bertz CT molecular complexity index is 1900. The van der Waals surface area contributed by atoms with Gasteiger partial charge in [0.1, 0.15) is 0 Å². The monoisotopic (exact) mass is 801 g/mol. The van der Waals surface area contributed by atoms with Crippen LogP contribution in [0.3, 0.4) is 0 Å². The molecular formula is C45H55NO4S4. The highest BCUT2D eigenvalue weighted by Gasteiger charge is 2.15. The van der Waals surface area contributed by atoms with E-state index in [1.807, 2.05) is 50.4 Å². The summed E-state index contributed by atoms with van der Waals surface area (Å²) in [5, 5.41) is 1.76. The van der Waals surface area contributed by atoms with E-state index >= 15 is 0 Å². The summed E-state index contributed by atoms with van der Waals surface area (Å²) >= 11 is 6.71. The molecule has 0 bridgehead atoms. The van der Waals surface area contributed by atoms with Crippen molar-refractivity contribution in [2.75, 3.05) is 45.0 Å². The van der Waals surface area contributed by atoms with Crippen LogP contribution in [0.1, 0.15) is 61.2 Å². The van der Waals surface area contributed by atoms with Crippen LogP contribution in [0.15, 0.2) is 108 Å². The molecule has 0 saturated heterocycles. The zero-order valence-electron chi connectivity index (χ0n) is 33.0. The summed E-state index contributed by atoms with van der Waals surface area (Å²) < 4.78 is 17.9. The fraction of sp³-hybridized carbons (Fsp3) is 0.311.